The Hall–Kier alpha value is -2.44. The number of carbonyl (C=O) groups is 1. The third-order valence-electron chi connectivity index (χ3n) is 4.68. The molecule has 1 heterocycles. The lowest BCUT2D eigenvalue weighted by molar-refractivity contribution is -0.262. The molecule has 0 fully saturated rings. The van der Waals surface area contributed by atoms with Gasteiger partial charge >= 0.3 is 0 Å². The van der Waals surface area contributed by atoms with E-state index >= 15 is 0 Å². The molecule has 0 saturated heterocycles. The van der Waals surface area contributed by atoms with Crippen LogP contribution in [-0.4, -0.2) is 16.1 Å². The van der Waals surface area contributed by atoms with E-state index in [2.05, 4.69) is 15.9 Å². The minimum Gasteiger partial charge on any atom is -0.362 e. The second kappa shape index (κ2) is 8.13. The topological polar surface area (TPSA) is 49.8 Å². The monoisotopic (exact) mass is 469 g/mol. The molecule has 3 aromatic carbocycles. The minimum atomic E-state index is -1.83. The van der Waals surface area contributed by atoms with Crippen molar-refractivity contribution in [1.82, 2.24) is 5.06 Å². The molecule has 4 rings (SSSR count). The van der Waals surface area contributed by atoms with Gasteiger partial charge < -0.3 is 5.11 Å². The van der Waals surface area contributed by atoms with E-state index in [9.17, 15) is 9.90 Å². The van der Waals surface area contributed by atoms with Gasteiger partial charge in [-0.05, 0) is 35.4 Å². The number of hydroxylamine groups is 2. The third kappa shape index (κ3) is 3.87. The molecule has 1 aliphatic heterocycles. The smallest absolute Gasteiger partial charge is 0.281 e. The molecule has 0 saturated carbocycles. The fourth-order valence-electron chi connectivity index (χ4n) is 3.27. The van der Waals surface area contributed by atoms with E-state index in [1.165, 1.54) is 6.08 Å². The maximum absolute atomic E-state index is 13.3. The van der Waals surface area contributed by atoms with Crippen LogP contribution < -0.4 is 0 Å². The van der Waals surface area contributed by atoms with Gasteiger partial charge in [-0.1, -0.05) is 88.2 Å². The van der Waals surface area contributed by atoms with Crippen LogP contribution in [0.4, 0.5) is 0 Å². The van der Waals surface area contributed by atoms with Gasteiger partial charge in [-0.25, -0.2) is 0 Å². The fraction of sp³-hybridized carbons (Fsp3) is 0.0870. The van der Waals surface area contributed by atoms with Crippen molar-refractivity contribution in [3.63, 3.8) is 0 Å². The number of benzene rings is 3. The van der Waals surface area contributed by atoms with Gasteiger partial charge in [0, 0.05) is 15.1 Å². The molecule has 0 spiro atoms. The highest BCUT2D eigenvalue weighted by Crippen LogP contribution is 2.42. The second-order valence-corrected chi connectivity index (χ2v) is 7.96. The van der Waals surface area contributed by atoms with Gasteiger partial charge in [-0.2, -0.15) is 5.06 Å². The Morgan fingerprint density at radius 1 is 1.00 bits per heavy atom. The number of carbonyl (C=O) groups excluding carboxylic acids is 1. The zero-order chi connectivity index (χ0) is 20.4. The fourth-order valence-corrected chi connectivity index (χ4v) is 3.94. The summed E-state index contributed by atoms with van der Waals surface area (Å²) in [6.45, 7) is 0.124. The largest absolute Gasteiger partial charge is 0.362 e. The summed E-state index contributed by atoms with van der Waals surface area (Å²) in [6.07, 6.45) is 1.49. The van der Waals surface area contributed by atoms with E-state index in [1.807, 2.05) is 54.6 Å². The van der Waals surface area contributed by atoms with E-state index in [4.69, 9.17) is 16.4 Å². The van der Waals surface area contributed by atoms with Crippen molar-refractivity contribution in [3.05, 3.63) is 111 Å². The van der Waals surface area contributed by atoms with Crippen LogP contribution >= 0.6 is 27.5 Å². The summed E-state index contributed by atoms with van der Waals surface area (Å²) in [5, 5.41) is 12.9. The molecule has 29 heavy (non-hydrogen) atoms. The molecule has 3 aromatic rings. The summed E-state index contributed by atoms with van der Waals surface area (Å²) in [6, 6.07) is 23.6. The molecule has 1 aliphatic rings. The Kier molecular flexibility index (Phi) is 5.56. The van der Waals surface area contributed by atoms with Crippen LogP contribution in [0.1, 0.15) is 16.7 Å². The van der Waals surface area contributed by atoms with Gasteiger partial charge in [0.1, 0.15) is 6.61 Å². The SMILES string of the molecule is O=C1C(c2cccc(Br)c2)=CC(O)(c2ccccc2Cl)N1OCc1ccccc1. The first-order chi connectivity index (χ1) is 14.0. The van der Waals surface area contributed by atoms with Crippen LogP contribution in [0.5, 0.6) is 0 Å². The maximum atomic E-state index is 13.3. The number of nitrogens with zero attached hydrogens (tertiary/aromatic N) is 1. The molecule has 0 aromatic heterocycles. The molecule has 0 aliphatic carbocycles. The van der Waals surface area contributed by atoms with Crippen molar-refractivity contribution in [3.8, 4) is 0 Å². The first-order valence-electron chi connectivity index (χ1n) is 8.96. The zero-order valence-electron chi connectivity index (χ0n) is 15.3. The number of hydrogen-bond acceptors (Lipinski definition) is 3. The Morgan fingerprint density at radius 2 is 1.72 bits per heavy atom. The number of aliphatic hydroxyl groups is 1. The average Bonchev–Trinajstić information content (AvgIpc) is 2.98. The van der Waals surface area contributed by atoms with Gasteiger partial charge in [0.05, 0.1) is 5.57 Å². The second-order valence-electron chi connectivity index (χ2n) is 6.63. The lowest BCUT2D eigenvalue weighted by Crippen LogP contribution is -2.44. The first kappa shape index (κ1) is 19.9. The summed E-state index contributed by atoms with van der Waals surface area (Å²) >= 11 is 9.78. The van der Waals surface area contributed by atoms with Crippen molar-refractivity contribution in [2.75, 3.05) is 0 Å². The summed E-state index contributed by atoms with van der Waals surface area (Å²) < 4.78 is 0.827. The van der Waals surface area contributed by atoms with Crippen molar-refractivity contribution in [2.24, 2.45) is 0 Å². The molecule has 146 valence electrons. The van der Waals surface area contributed by atoms with Crippen LogP contribution in [0.25, 0.3) is 5.57 Å². The summed E-state index contributed by atoms with van der Waals surface area (Å²) in [7, 11) is 0. The predicted octanol–water partition coefficient (Wildman–Crippen LogP) is 5.31. The molecule has 1 amide bonds. The molecular formula is C23H17BrClNO3. The first-order valence-corrected chi connectivity index (χ1v) is 10.1. The molecule has 0 bridgehead atoms. The number of halogens is 2. The van der Waals surface area contributed by atoms with Crippen LogP contribution in [0.3, 0.4) is 0 Å². The van der Waals surface area contributed by atoms with Crippen molar-refractivity contribution >= 4 is 39.0 Å². The number of amides is 1. The van der Waals surface area contributed by atoms with Gasteiger partial charge in [-0.15, -0.1) is 0 Å². The van der Waals surface area contributed by atoms with E-state index < -0.39 is 11.6 Å². The quantitative estimate of drug-likeness (QED) is 0.550. The van der Waals surface area contributed by atoms with E-state index in [-0.39, 0.29) is 6.61 Å². The molecule has 6 heteroatoms. The highest BCUT2D eigenvalue weighted by molar-refractivity contribution is 9.10. The van der Waals surface area contributed by atoms with Crippen molar-refractivity contribution in [2.45, 2.75) is 12.3 Å². The molecule has 1 atom stereocenters. The van der Waals surface area contributed by atoms with E-state index in [0.29, 0.717) is 21.7 Å². The summed E-state index contributed by atoms with van der Waals surface area (Å²) in [5.74, 6) is -0.443. The molecule has 0 radical (unpaired) electrons. The predicted molar refractivity (Wildman–Crippen MR) is 116 cm³/mol. The normalized spacial score (nSPS) is 18.8. The van der Waals surface area contributed by atoms with E-state index in [0.717, 1.165) is 15.1 Å². The van der Waals surface area contributed by atoms with Crippen LogP contribution in [0, 0.1) is 0 Å². The van der Waals surface area contributed by atoms with Crippen molar-refractivity contribution < 1.29 is 14.7 Å². The molecule has 4 nitrogen and oxygen atoms in total. The Balaban J connectivity index is 1.76. The lowest BCUT2D eigenvalue weighted by atomic mass is 10.0. The van der Waals surface area contributed by atoms with Crippen LogP contribution in [0.15, 0.2) is 89.4 Å². The Bertz CT molecular complexity index is 1090. The van der Waals surface area contributed by atoms with Crippen molar-refractivity contribution in [1.29, 1.82) is 0 Å². The minimum absolute atomic E-state index is 0.124. The molecule has 1 unspecified atom stereocenters. The van der Waals surface area contributed by atoms with Gasteiger partial charge in [0.15, 0.2) is 0 Å². The number of hydrogen-bond donors (Lipinski definition) is 1. The molecular weight excluding hydrogens is 454 g/mol. The standard InChI is InChI=1S/C23H17BrClNO3/c24-18-10-6-9-17(13-18)19-14-23(28,20-11-4-5-12-21(20)25)26(22(19)27)29-15-16-7-2-1-3-8-16/h1-14,28H,15H2. The summed E-state index contributed by atoms with van der Waals surface area (Å²) in [4.78, 5) is 19.1. The lowest BCUT2D eigenvalue weighted by Gasteiger charge is -2.32. The van der Waals surface area contributed by atoms with Gasteiger partial charge in [-0.3, -0.25) is 9.63 Å². The summed E-state index contributed by atoms with van der Waals surface area (Å²) in [5.41, 5.74) is 0.412. The van der Waals surface area contributed by atoms with Crippen LogP contribution in [-0.2, 0) is 22.0 Å². The van der Waals surface area contributed by atoms with Gasteiger partial charge in [0.25, 0.3) is 5.91 Å². The highest BCUT2D eigenvalue weighted by atomic mass is 79.9. The van der Waals surface area contributed by atoms with Crippen LogP contribution in [0.2, 0.25) is 5.02 Å². The highest BCUT2D eigenvalue weighted by Gasteiger charge is 2.48. The maximum Gasteiger partial charge on any atom is 0.281 e. The molecule has 1 N–H and O–H groups in total. The number of rotatable bonds is 5. The third-order valence-corrected chi connectivity index (χ3v) is 5.50. The van der Waals surface area contributed by atoms with E-state index in [1.54, 1.807) is 24.3 Å². The Labute approximate surface area is 182 Å². The van der Waals surface area contributed by atoms with Gasteiger partial charge in [0.2, 0.25) is 5.72 Å². The Morgan fingerprint density at radius 3 is 2.45 bits per heavy atom. The zero-order valence-corrected chi connectivity index (χ0v) is 17.6. The average molecular weight is 471 g/mol.